The number of hydrogen-bond acceptors (Lipinski definition) is 4. The van der Waals surface area contributed by atoms with Crippen molar-refractivity contribution in [2.24, 2.45) is 0 Å². The smallest absolute Gasteiger partial charge is 0.137 e. The molecule has 84 valence electrons. The molecule has 0 saturated carbocycles. The molecule has 0 unspecified atom stereocenters. The molecule has 0 bridgehead atoms. The molecule has 1 N–H and O–H groups in total. The number of thiophene rings is 1. The van der Waals surface area contributed by atoms with Gasteiger partial charge in [-0.1, -0.05) is 11.6 Å². The van der Waals surface area contributed by atoms with Gasteiger partial charge in [0.2, 0.25) is 0 Å². The van der Waals surface area contributed by atoms with Crippen LogP contribution >= 0.6 is 38.9 Å². The highest BCUT2D eigenvalue weighted by atomic mass is 79.9. The van der Waals surface area contributed by atoms with Crippen molar-refractivity contribution in [1.82, 2.24) is 9.97 Å². The first-order valence-corrected chi connectivity index (χ1v) is 6.61. The second kappa shape index (κ2) is 5.12. The number of halogens is 2. The molecule has 0 saturated heterocycles. The van der Waals surface area contributed by atoms with E-state index in [1.165, 1.54) is 11.2 Å². The SMILES string of the molecule is Cc1c(Cl)ncnc1NCc1ccc(Br)s1. The zero-order chi connectivity index (χ0) is 11.5. The van der Waals surface area contributed by atoms with Gasteiger partial charge in [-0.05, 0) is 35.0 Å². The second-order valence-electron chi connectivity index (χ2n) is 3.20. The lowest BCUT2D eigenvalue weighted by Crippen LogP contribution is -2.02. The van der Waals surface area contributed by atoms with Gasteiger partial charge in [-0.2, -0.15) is 0 Å². The number of nitrogens with one attached hydrogen (secondary N) is 1. The third-order valence-electron chi connectivity index (χ3n) is 2.08. The van der Waals surface area contributed by atoms with Crippen molar-refractivity contribution < 1.29 is 0 Å². The van der Waals surface area contributed by atoms with Crippen LogP contribution in [0.5, 0.6) is 0 Å². The van der Waals surface area contributed by atoms with E-state index in [9.17, 15) is 0 Å². The molecule has 0 fully saturated rings. The van der Waals surface area contributed by atoms with Gasteiger partial charge in [0.1, 0.15) is 17.3 Å². The van der Waals surface area contributed by atoms with Crippen LogP contribution in [0.3, 0.4) is 0 Å². The van der Waals surface area contributed by atoms with Crippen LogP contribution in [0.15, 0.2) is 22.2 Å². The maximum Gasteiger partial charge on any atom is 0.137 e. The minimum atomic E-state index is 0.491. The lowest BCUT2D eigenvalue weighted by atomic mass is 10.3. The fourth-order valence-electron chi connectivity index (χ4n) is 1.22. The largest absolute Gasteiger partial charge is 0.365 e. The predicted molar refractivity (Wildman–Crippen MR) is 71.1 cm³/mol. The molecule has 0 aromatic carbocycles. The maximum atomic E-state index is 5.90. The molecule has 0 aliphatic heterocycles. The third kappa shape index (κ3) is 2.72. The summed E-state index contributed by atoms with van der Waals surface area (Å²) in [6.07, 6.45) is 1.46. The molecule has 2 heterocycles. The van der Waals surface area contributed by atoms with E-state index < -0.39 is 0 Å². The molecule has 0 aliphatic carbocycles. The summed E-state index contributed by atoms with van der Waals surface area (Å²) in [5.74, 6) is 0.782. The molecule has 3 nitrogen and oxygen atoms in total. The van der Waals surface area contributed by atoms with Crippen molar-refractivity contribution in [3.63, 3.8) is 0 Å². The van der Waals surface area contributed by atoms with E-state index in [1.807, 2.05) is 13.0 Å². The fourth-order valence-corrected chi connectivity index (χ4v) is 2.78. The molecule has 16 heavy (non-hydrogen) atoms. The summed E-state index contributed by atoms with van der Waals surface area (Å²) in [6, 6.07) is 4.10. The Kier molecular flexibility index (Phi) is 3.78. The van der Waals surface area contributed by atoms with Crippen LogP contribution in [-0.2, 0) is 6.54 Å². The molecule has 0 radical (unpaired) electrons. The Morgan fingerprint density at radius 2 is 2.25 bits per heavy atom. The molecule has 0 amide bonds. The quantitative estimate of drug-likeness (QED) is 0.873. The monoisotopic (exact) mass is 317 g/mol. The summed E-state index contributed by atoms with van der Waals surface area (Å²) in [7, 11) is 0. The molecule has 0 atom stereocenters. The van der Waals surface area contributed by atoms with Crippen molar-refractivity contribution in [1.29, 1.82) is 0 Å². The van der Waals surface area contributed by atoms with Gasteiger partial charge in [0.25, 0.3) is 0 Å². The summed E-state index contributed by atoms with van der Waals surface area (Å²) in [4.78, 5) is 9.29. The first-order chi connectivity index (χ1) is 7.66. The maximum absolute atomic E-state index is 5.90. The van der Waals surface area contributed by atoms with E-state index in [-0.39, 0.29) is 0 Å². The van der Waals surface area contributed by atoms with Gasteiger partial charge in [0.05, 0.1) is 10.3 Å². The summed E-state index contributed by atoms with van der Waals surface area (Å²) in [6.45, 7) is 2.64. The van der Waals surface area contributed by atoms with Gasteiger partial charge < -0.3 is 5.32 Å². The van der Waals surface area contributed by atoms with Gasteiger partial charge in [-0.15, -0.1) is 11.3 Å². The normalized spacial score (nSPS) is 10.4. The Morgan fingerprint density at radius 3 is 2.94 bits per heavy atom. The highest BCUT2D eigenvalue weighted by molar-refractivity contribution is 9.11. The second-order valence-corrected chi connectivity index (χ2v) is 6.10. The number of rotatable bonds is 3. The topological polar surface area (TPSA) is 37.8 Å². The fraction of sp³-hybridized carbons (Fsp3) is 0.200. The highest BCUT2D eigenvalue weighted by Crippen LogP contribution is 2.24. The first-order valence-electron chi connectivity index (χ1n) is 4.62. The molecule has 6 heteroatoms. The van der Waals surface area contributed by atoms with Crippen LogP contribution < -0.4 is 5.32 Å². The average molecular weight is 319 g/mol. The minimum Gasteiger partial charge on any atom is -0.365 e. The molecule has 2 rings (SSSR count). The van der Waals surface area contributed by atoms with Crippen molar-refractivity contribution in [3.8, 4) is 0 Å². The highest BCUT2D eigenvalue weighted by Gasteiger charge is 2.05. The lowest BCUT2D eigenvalue weighted by Gasteiger charge is -2.07. The van der Waals surface area contributed by atoms with Crippen molar-refractivity contribution in [2.75, 3.05) is 5.32 Å². The number of hydrogen-bond donors (Lipinski definition) is 1. The van der Waals surface area contributed by atoms with Crippen LogP contribution in [-0.4, -0.2) is 9.97 Å². The summed E-state index contributed by atoms with van der Waals surface area (Å²) in [5, 5.41) is 3.73. The van der Waals surface area contributed by atoms with E-state index in [1.54, 1.807) is 11.3 Å². The van der Waals surface area contributed by atoms with Gasteiger partial charge in [0.15, 0.2) is 0 Å². The minimum absolute atomic E-state index is 0.491. The predicted octanol–water partition coefficient (Wildman–Crippen LogP) is 3.87. The number of nitrogens with zero attached hydrogens (tertiary/aromatic N) is 2. The number of aromatic nitrogens is 2. The summed E-state index contributed by atoms with van der Waals surface area (Å²) in [5.41, 5.74) is 0.875. The van der Waals surface area contributed by atoms with Crippen LogP contribution in [0.2, 0.25) is 5.15 Å². The van der Waals surface area contributed by atoms with Crippen molar-refractivity contribution >= 4 is 44.7 Å². The van der Waals surface area contributed by atoms with Crippen LogP contribution in [0, 0.1) is 6.92 Å². The van der Waals surface area contributed by atoms with E-state index >= 15 is 0 Å². The Balaban J connectivity index is 2.07. The zero-order valence-corrected chi connectivity index (χ0v) is 11.7. The molecular weight excluding hydrogens is 310 g/mol. The van der Waals surface area contributed by atoms with Crippen LogP contribution in [0.4, 0.5) is 5.82 Å². The summed E-state index contributed by atoms with van der Waals surface area (Å²) >= 11 is 11.0. The lowest BCUT2D eigenvalue weighted by molar-refractivity contribution is 1.07. The third-order valence-corrected chi connectivity index (χ3v) is 4.09. The van der Waals surface area contributed by atoms with Crippen LogP contribution in [0.1, 0.15) is 10.4 Å². The average Bonchev–Trinajstić information content (AvgIpc) is 2.67. The molecule has 2 aromatic rings. The van der Waals surface area contributed by atoms with Crippen LogP contribution in [0.25, 0.3) is 0 Å². The molecular formula is C10H9BrClN3S. The number of anilines is 1. The molecule has 0 spiro atoms. The van der Waals surface area contributed by atoms with Crippen molar-refractivity contribution in [3.05, 3.63) is 37.8 Å². The van der Waals surface area contributed by atoms with Gasteiger partial charge >= 0.3 is 0 Å². The molecule has 2 aromatic heterocycles. The Hall–Kier alpha value is -0.650. The van der Waals surface area contributed by atoms with Gasteiger partial charge in [0, 0.05) is 10.4 Å². The van der Waals surface area contributed by atoms with E-state index in [4.69, 9.17) is 11.6 Å². The Labute approximate surface area is 111 Å². The Morgan fingerprint density at radius 1 is 1.44 bits per heavy atom. The van der Waals surface area contributed by atoms with Gasteiger partial charge in [-0.25, -0.2) is 9.97 Å². The van der Waals surface area contributed by atoms with E-state index in [0.29, 0.717) is 5.15 Å². The zero-order valence-electron chi connectivity index (χ0n) is 8.50. The van der Waals surface area contributed by atoms with Gasteiger partial charge in [-0.3, -0.25) is 0 Å². The van der Waals surface area contributed by atoms with E-state index in [2.05, 4.69) is 37.3 Å². The van der Waals surface area contributed by atoms with Crippen molar-refractivity contribution in [2.45, 2.75) is 13.5 Å². The van der Waals surface area contributed by atoms with E-state index in [0.717, 1.165) is 21.7 Å². The molecule has 0 aliphatic rings. The Bertz CT molecular complexity index is 501. The first kappa shape index (κ1) is 11.8. The summed E-state index contributed by atoms with van der Waals surface area (Å²) < 4.78 is 1.13. The standard InChI is InChI=1S/C10H9BrClN3S/c1-6-9(12)14-5-15-10(6)13-4-7-2-3-8(11)16-7/h2-3,5H,4H2,1H3,(H,13,14,15).